The van der Waals surface area contributed by atoms with Gasteiger partial charge < -0.3 is 10.1 Å². The number of hydrogen-bond acceptors (Lipinski definition) is 4. The summed E-state index contributed by atoms with van der Waals surface area (Å²) < 4.78 is 4.55. The Morgan fingerprint density at radius 2 is 1.69 bits per heavy atom. The first-order valence-electron chi connectivity index (χ1n) is 5.82. The van der Waals surface area contributed by atoms with Crippen LogP contribution in [0.3, 0.4) is 0 Å². The van der Waals surface area contributed by atoms with Crippen LogP contribution in [0.5, 0.6) is 0 Å². The first kappa shape index (κ1) is 15.4. The van der Waals surface area contributed by atoms with Gasteiger partial charge in [-0.05, 0) is 41.7 Å². The molecule has 4 heteroatoms. The van der Waals surface area contributed by atoms with Gasteiger partial charge in [0, 0.05) is 25.2 Å². The van der Waals surface area contributed by atoms with Gasteiger partial charge in [0.2, 0.25) is 0 Å². The van der Waals surface area contributed by atoms with Crippen molar-refractivity contribution in [2.24, 2.45) is 0 Å². The fourth-order valence-corrected chi connectivity index (χ4v) is 1.37. The van der Waals surface area contributed by atoms with Crippen molar-refractivity contribution in [2.75, 3.05) is 20.1 Å². The number of piperazine rings is 1. The highest BCUT2D eigenvalue weighted by atomic mass is 16.5. The van der Waals surface area contributed by atoms with Crippen molar-refractivity contribution in [3.63, 3.8) is 0 Å². The van der Waals surface area contributed by atoms with E-state index in [1.807, 2.05) is 20.8 Å². The predicted octanol–water partition coefficient (Wildman–Crippen LogP) is 1.26. The summed E-state index contributed by atoms with van der Waals surface area (Å²) in [6, 6.07) is 1.41. The Kier molecular flexibility index (Phi) is 6.60. The van der Waals surface area contributed by atoms with E-state index in [0.717, 1.165) is 13.1 Å². The maximum Gasteiger partial charge on any atom is 0.293 e. The fourth-order valence-electron chi connectivity index (χ4n) is 1.37. The van der Waals surface area contributed by atoms with Gasteiger partial charge in [0.15, 0.2) is 0 Å². The van der Waals surface area contributed by atoms with Crippen LogP contribution in [0.25, 0.3) is 0 Å². The molecule has 1 aliphatic heterocycles. The Morgan fingerprint density at radius 1 is 1.25 bits per heavy atom. The monoisotopic (exact) mass is 230 g/mol. The zero-order chi connectivity index (χ0) is 12.8. The number of hydrogen-bond donors (Lipinski definition) is 1. The van der Waals surface area contributed by atoms with Crippen LogP contribution in [-0.2, 0) is 9.53 Å². The Hall–Kier alpha value is -0.610. The Morgan fingerprint density at radius 3 is 1.88 bits per heavy atom. The average molecular weight is 230 g/mol. The molecule has 1 saturated heterocycles. The highest BCUT2D eigenvalue weighted by Gasteiger charge is 2.19. The van der Waals surface area contributed by atoms with Crippen molar-refractivity contribution in [3.8, 4) is 0 Å². The van der Waals surface area contributed by atoms with E-state index in [9.17, 15) is 4.79 Å². The lowest BCUT2D eigenvalue weighted by Gasteiger charge is -2.36. The smallest absolute Gasteiger partial charge is 0.293 e. The molecule has 1 aliphatic rings. The van der Waals surface area contributed by atoms with Gasteiger partial charge in [-0.1, -0.05) is 0 Å². The molecule has 2 unspecified atom stereocenters. The summed E-state index contributed by atoms with van der Waals surface area (Å²) >= 11 is 0. The first-order valence-corrected chi connectivity index (χ1v) is 5.82. The number of rotatable bonds is 1. The third-order valence-corrected chi connectivity index (χ3v) is 2.67. The molecule has 1 fully saturated rings. The normalized spacial score (nSPS) is 26.6. The molecule has 1 heterocycles. The number of likely N-dealkylation sites (N-methyl/N-ethyl adjacent to an activating group) is 1. The maximum absolute atomic E-state index is 9.60. The number of ether oxygens (including phenoxy) is 1. The van der Waals surface area contributed by atoms with E-state index in [1.54, 1.807) is 0 Å². The summed E-state index contributed by atoms with van der Waals surface area (Å²) in [7, 11) is 2.19. The van der Waals surface area contributed by atoms with Gasteiger partial charge in [0.1, 0.15) is 5.60 Å². The van der Waals surface area contributed by atoms with Gasteiger partial charge >= 0.3 is 0 Å². The predicted molar refractivity (Wildman–Crippen MR) is 66.5 cm³/mol. The van der Waals surface area contributed by atoms with Crippen LogP contribution in [0.2, 0.25) is 0 Å². The van der Waals surface area contributed by atoms with Crippen molar-refractivity contribution in [2.45, 2.75) is 52.3 Å². The SMILES string of the molecule is CC(C)(C)OC=O.CC1CNCC(C)N1C. The van der Waals surface area contributed by atoms with Crippen LogP contribution >= 0.6 is 0 Å². The van der Waals surface area contributed by atoms with Crippen LogP contribution in [0.1, 0.15) is 34.6 Å². The maximum atomic E-state index is 9.60. The number of carbonyl (C=O) groups excluding carboxylic acids is 1. The third-order valence-electron chi connectivity index (χ3n) is 2.67. The highest BCUT2D eigenvalue weighted by Crippen LogP contribution is 2.04. The van der Waals surface area contributed by atoms with Crippen molar-refractivity contribution in [1.29, 1.82) is 0 Å². The largest absolute Gasteiger partial charge is 0.462 e. The molecule has 4 nitrogen and oxygen atoms in total. The summed E-state index contributed by atoms with van der Waals surface area (Å²) in [6.45, 7) is 12.7. The molecule has 0 aromatic heterocycles. The second-order valence-electron chi connectivity index (χ2n) is 5.35. The molecule has 1 rings (SSSR count). The highest BCUT2D eigenvalue weighted by molar-refractivity contribution is 5.37. The van der Waals surface area contributed by atoms with Crippen molar-refractivity contribution >= 4 is 6.47 Å². The van der Waals surface area contributed by atoms with E-state index in [1.165, 1.54) is 0 Å². The second kappa shape index (κ2) is 6.86. The molecule has 96 valence electrons. The van der Waals surface area contributed by atoms with E-state index >= 15 is 0 Å². The molecule has 0 aromatic rings. The minimum Gasteiger partial charge on any atom is -0.462 e. The van der Waals surface area contributed by atoms with E-state index in [4.69, 9.17) is 0 Å². The van der Waals surface area contributed by atoms with E-state index in [0.29, 0.717) is 18.6 Å². The lowest BCUT2D eigenvalue weighted by Crippen LogP contribution is -2.52. The van der Waals surface area contributed by atoms with Gasteiger partial charge in [-0.2, -0.15) is 0 Å². The van der Waals surface area contributed by atoms with Crippen LogP contribution in [0, 0.1) is 0 Å². The summed E-state index contributed by atoms with van der Waals surface area (Å²) in [6.07, 6.45) is 0. The van der Waals surface area contributed by atoms with Crippen LogP contribution < -0.4 is 5.32 Å². The molecular weight excluding hydrogens is 204 g/mol. The number of carbonyl (C=O) groups is 1. The van der Waals surface area contributed by atoms with Gasteiger partial charge in [-0.3, -0.25) is 9.69 Å². The number of nitrogens with zero attached hydrogens (tertiary/aromatic N) is 1. The lowest BCUT2D eigenvalue weighted by molar-refractivity contribution is -0.138. The quantitative estimate of drug-likeness (QED) is 0.689. The molecule has 0 radical (unpaired) electrons. The molecule has 0 bridgehead atoms. The van der Waals surface area contributed by atoms with Gasteiger partial charge in [0.25, 0.3) is 6.47 Å². The average Bonchev–Trinajstić information content (AvgIpc) is 2.13. The minimum atomic E-state index is -0.318. The van der Waals surface area contributed by atoms with Crippen LogP contribution in [-0.4, -0.2) is 49.2 Å². The second-order valence-corrected chi connectivity index (χ2v) is 5.35. The molecular formula is C12H26N2O2. The summed E-state index contributed by atoms with van der Waals surface area (Å²) in [5, 5.41) is 3.37. The van der Waals surface area contributed by atoms with Crippen molar-refractivity contribution in [3.05, 3.63) is 0 Å². The fraction of sp³-hybridized carbons (Fsp3) is 0.917. The summed E-state index contributed by atoms with van der Waals surface area (Å²) in [5.74, 6) is 0. The summed E-state index contributed by atoms with van der Waals surface area (Å²) in [4.78, 5) is 12.0. The Bertz CT molecular complexity index is 192. The Labute approximate surface area is 99.3 Å². The molecule has 2 atom stereocenters. The van der Waals surface area contributed by atoms with Gasteiger partial charge in [-0.25, -0.2) is 0 Å². The topological polar surface area (TPSA) is 41.6 Å². The zero-order valence-corrected chi connectivity index (χ0v) is 11.4. The summed E-state index contributed by atoms with van der Waals surface area (Å²) in [5.41, 5.74) is -0.318. The van der Waals surface area contributed by atoms with Gasteiger partial charge in [-0.15, -0.1) is 0 Å². The molecule has 0 saturated carbocycles. The van der Waals surface area contributed by atoms with E-state index in [-0.39, 0.29) is 5.60 Å². The van der Waals surface area contributed by atoms with Crippen molar-refractivity contribution < 1.29 is 9.53 Å². The molecule has 0 amide bonds. The van der Waals surface area contributed by atoms with Crippen LogP contribution in [0.4, 0.5) is 0 Å². The number of nitrogens with one attached hydrogen (secondary N) is 1. The van der Waals surface area contributed by atoms with Crippen LogP contribution in [0.15, 0.2) is 0 Å². The molecule has 0 aliphatic carbocycles. The zero-order valence-electron chi connectivity index (χ0n) is 11.4. The molecule has 0 aromatic carbocycles. The molecule has 1 N–H and O–H groups in total. The first-order chi connectivity index (χ1) is 7.28. The molecule has 0 spiro atoms. The molecule has 16 heavy (non-hydrogen) atoms. The van der Waals surface area contributed by atoms with Crippen molar-refractivity contribution in [1.82, 2.24) is 10.2 Å². The van der Waals surface area contributed by atoms with E-state index < -0.39 is 0 Å². The minimum absolute atomic E-state index is 0.318. The van der Waals surface area contributed by atoms with E-state index in [2.05, 4.69) is 35.8 Å². The Balaban J connectivity index is 0.000000293. The third kappa shape index (κ3) is 6.80. The lowest BCUT2D eigenvalue weighted by atomic mass is 10.1. The standard InChI is InChI=1S/C7H16N2.C5H10O2/c1-6-4-8-5-7(2)9(6)3;1-5(2,3)7-4-6/h6-8H,4-5H2,1-3H3;4H,1-3H3. The van der Waals surface area contributed by atoms with Gasteiger partial charge in [0.05, 0.1) is 0 Å².